The van der Waals surface area contributed by atoms with E-state index in [0.29, 0.717) is 5.56 Å². The first kappa shape index (κ1) is 12.0. The largest absolute Gasteiger partial charge is 0.391 e. The van der Waals surface area contributed by atoms with Gasteiger partial charge in [-0.1, -0.05) is 6.07 Å². The highest BCUT2D eigenvalue weighted by atomic mass is 19.2. The number of hydrogen-bond donors (Lipinski definition) is 1. The van der Waals surface area contributed by atoms with E-state index in [4.69, 9.17) is 0 Å². The monoisotopic (exact) mass is 241 g/mol. The highest BCUT2D eigenvalue weighted by Gasteiger charge is 2.32. The molecule has 1 saturated heterocycles. The van der Waals surface area contributed by atoms with Crippen molar-refractivity contribution < 1.29 is 18.7 Å². The van der Waals surface area contributed by atoms with Gasteiger partial charge in [-0.25, -0.2) is 8.78 Å². The second-order valence-electron chi connectivity index (χ2n) is 4.25. The third kappa shape index (κ3) is 2.29. The molecule has 1 N–H and O–H groups in total. The lowest BCUT2D eigenvalue weighted by atomic mass is 10.1. The molecule has 0 bridgehead atoms. The van der Waals surface area contributed by atoms with E-state index >= 15 is 0 Å². The number of nitrogens with zero attached hydrogens (tertiary/aromatic N) is 1. The molecule has 1 aromatic rings. The highest BCUT2D eigenvalue weighted by Crippen LogP contribution is 2.26. The number of amides is 1. The van der Waals surface area contributed by atoms with E-state index in [0.717, 1.165) is 12.1 Å². The van der Waals surface area contributed by atoms with E-state index in [9.17, 15) is 18.7 Å². The number of aliphatic hydroxyl groups excluding tert-OH is 1. The lowest BCUT2D eigenvalue weighted by Gasteiger charge is -2.24. The van der Waals surface area contributed by atoms with Crippen molar-refractivity contribution in [2.24, 2.45) is 0 Å². The predicted octanol–water partition coefficient (Wildman–Crippen LogP) is 1.62. The van der Waals surface area contributed by atoms with Crippen LogP contribution in [0.5, 0.6) is 0 Å². The molecule has 1 aliphatic heterocycles. The molecule has 92 valence electrons. The molecule has 1 amide bonds. The van der Waals surface area contributed by atoms with E-state index in [1.165, 1.54) is 11.0 Å². The highest BCUT2D eigenvalue weighted by molar-refractivity contribution is 5.79. The van der Waals surface area contributed by atoms with Gasteiger partial charge in [-0.2, -0.15) is 0 Å². The number of rotatable bonds is 2. The second kappa shape index (κ2) is 4.41. The number of hydrogen-bond acceptors (Lipinski definition) is 2. The van der Waals surface area contributed by atoms with Crippen LogP contribution in [0.4, 0.5) is 8.78 Å². The van der Waals surface area contributed by atoms with Gasteiger partial charge in [0.05, 0.1) is 18.6 Å². The maximum absolute atomic E-state index is 13.1. The fraction of sp³-hybridized carbons (Fsp3) is 0.417. The predicted molar refractivity (Wildman–Crippen MR) is 57.1 cm³/mol. The summed E-state index contributed by atoms with van der Waals surface area (Å²) in [4.78, 5) is 13.0. The summed E-state index contributed by atoms with van der Waals surface area (Å²) in [6.07, 6.45) is -0.580. The number of halogens is 2. The number of carbonyl (C=O) groups is 1. The zero-order valence-electron chi connectivity index (χ0n) is 9.36. The maximum Gasteiger partial charge on any atom is 0.225 e. The van der Waals surface area contributed by atoms with E-state index in [1.54, 1.807) is 6.92 Å². The summed E-state index contributed by atoms with van der Waals surface area (Å²) in [5, 5.41) is 9.37. The minimum atomic E-state index is -0.929. The minimum absolute atomic E-state index is 0.0913. The molecule has 1 fully saturated rings. The molecule has 0 saturated carbocycles. The van der Waals surface area contributed by atoms with Crippen LogP contribution in [0.15, 0.2) is 18.2 Å². The molecule has 1 aromatic carbocycles. The summed E-state index contributed by atoms with van der Waals surface area (Å²) < 4.78 is 25.9. The molecule has 1 aliphatic rings. The summed E-state index contributed by atoms with van der Waals surface area (Å²) in [6.45, 7) is 1.96. The first-order valence-electron chi connectivity index (χ1n) is 5.41. The Morgan fingerprint density at radius 3 is 2.65 bits per heavy atom. The van der Waals surface area contributed by atoms with Crippen LogP contribution in [0.3, 0.4) is 0 Å². The van der Waals surface area contributed by atoms with E-state index in [2.05, 4.69) is 0 Å². The SMILES string of the molecule is CC(c1ccc(F)c(F)c1)N1CC(O)CC1=O. The van der Waals surface area contributed by atoms with Crippen LogP contribution < -0.4 is 0 Å². The van der Waals surface area contributed by atoms with Crippen LogP contribution in [0, 0.1) is 11.6 Å². The summed E-state index contributed by atoms with van der Waals surface area (Å²) in [7, 11) is 0. The quantitative estimate of drug-likeness (QED) is 0.854. The molecule has 0 aliphatic carbocycles. The first-order chi connectivity index (χ1) is 7.99. The molecule has 2 unspecified atom stereocenters. The van der Waals surface area contributed by atoms with Gasteiger partial charge in [0.2, 0.25) is 5.91 Å². The Morgan fingerprint density at radius 2 is 2.12 bits per heavy atom. The van der Waals surface area contributed by atoms with Gasteiger partial charge in [0.25, 0.3) is 0 Å². The second-order valence-corrected chi connectivity index (χ2v) is 4.25. The molecular formula is C12H13F2NO2. The van der Waals surface area contributed by atoms with Gasteiger partial charge in [0.1, 0.15) is 0 Å². The van der Waals surface area contributed by atoms with Crippen molar-refractivity contribution in [2.75, 3.05) is 6.54 Å². The van der Waals surface area contributed by atoms with Crippen LogP contribution >= 0.6 is 0 Å². The number of benzene rings is 1. The van der Waals surface area contributed by atoms with Crippen molar-refractivity contribution in [1.82, 2.24) is 4.90 Å². The van der Waals surface area contributed by atoms with Gasteiger partial charge in [-0.15, -0.1) is 0 Å². The Labute approximate surface area is 97.7 Å². The fourth-order valence-electron chi connectivity index (χ4n) is 2.04. The molecule has 2 rings (SSSR count). The summed E-state index contributed by atoms with van der Waals surface area (Å²) in [6, 6.07) is 3.20. The van der Waals surface area contributed by atoms with Crippen LogP contribution in [0.1, 0.15) is 24.9 Å². The van der Waals surface area contributed by atoms with Gasteiger partial charge >= 0.3 is 0 Å². The van der Waals surface area contributed by atoms with Crippen LogP contribution in [0.25, 0.3) is 0 Å². The van der Waals surface area contributed by atoms with Gasteiger partial charge in [-0.3, -0.25) is 4.79 Å². The Hall–Kier alpha value is -1.49. The Balaban J connectivity index is 2.22. The molecule has 3 nitrogen and oxygen atoms in total. The molecule has 1 heterocycles. The van der Waals surface area contributed by atoms with Crippen LogP contribution in [0.2, 0.25) is 0 Å². The summed E-state index contributed by atoms with van der Waals surface area (Å²) in [5.41, 5.74) is 0.520. The summed E-state index contributed by atoms with van der Waals surface area (Å²) in [5.74, 6) is -2.01. The van der Waals surface area contributed by atoms with E-state index < -0.39 is 17.7 Å². The lowest BCUT2D eigenvalue weighted by molar-refractivity contribution is -0.129. The standard InChI is InChI=1S/C12H13F2NO2/c1-7(15-6-9(16)5-12(15)17)8-2-3-10(13)11(14)4-8/h2-4,7,9,16H,5-6H2,1H3. The topological polar surface area (TPSA) is 40.5 Å². The number of aliphatic hydroxyl groups is 1. The van der Waals surface area contributed by atoms with Crippen molar-refractivity contribution in [3.8, 4) is 0 Å². The molecule has 5 heteroatoms. The van der Waals surface area contributed by atoms with Gasteiger partial charge < -0.3 is 10.0 Å². The number of carbonyl (C=O) groups excluding carboxylic acids is 1. The zero-order valence-corrected chi connectivity index (χ0v) is 9.36. The van der Waals surface area contributed by atoms with Crippen LogP contribution in [-0.4, -0.2) is 28.6 Å². The number of β-amino-alcohol motifs (C(OH)–C–C–N with tert-alkyl or cyclic N) is 1. The van der Waals surface area contributed by atoms with E-state index in [1.807, 2.05) is 0 Å². The van der Waals surface area contributed by atoms with Crippen molar-refractivity contribution in [1.29, 1.82) is 0 Å². The number of likely N-dealkylation sites (tertiary alicyclic amines) is 1. The third-order valence-corrected chi connectivity index (χ3v) is 3.03. The molecule has 0 aromatic heterocycles. The van der Waals surface area contributed by atoms with Crippen molar-refractivity contribution in [3.63, 3.8) is 0 Å². The Bertz CT molecular complexity index is 450. The smallest absolute Gasteiger partial charge is 0.225 e. The van der Waals surface area contributed by atoms with Crippen molar-refractivity contribution in [2.45, 2.75) is 25.5 Å². The van der Waals surface area contributed by atoms with Gasteiger partial charge in [0, 0.05) is 6.54 Å². The molecule has 0 spiro atoms. The van der Waals surface area contributed by atoms with Gasteiger partial charge in [0.15, 0.2) is 11.6 Å². The zero-order chi connectivity index (χ0) is 12.6. The average Bonchev–Trinajstić information content (AvgIpc) is 2.61. The molecular weight excluding hydrogens is 228 g/mol. The van der Waals surface area contributed by atoms with E-state index in [-0.39, 0.29) is 24.9 Å². The average molecular weight is 241 g/mol. The van der Waals surface area contributed by atoms with Crippen molar-refractivity contribution >= 4 is 5.91 Å². The first-order valence-corrected chi connectivity index (χ1v) is 5.41. The Morgan fingerprint density at radius 1 is 1.41 bits per heavy atom. The molecule has 2 atom stereocenters. The lowest BCUT2D eigenvalue weighted by Crippen LogP contribution is -2.29. The van der Waals surface area contributed by atoms with Gasteiger partial charge in [-0.05, 0) is 24.6 Å². The molecule has 0 radical (unpaired) electrons. The normalized spacial score (nSPS) is 22.0. The van der Waals surface area contributed by atoms with Crippen molar-refractivity contribution in [3.05, 3.63) is 35.4 Å². The maximum atomic E-state index is 13.1. The minimum Gasteiger partial charge on any atom is -0.391 e. The summed E-state index contributed by atoms with van der Waals surface area (Å²) >= 11 is 0. The Kier molecular flexibility index (Phi) is 3.11. The van der Waals surface area contributed by atoms with Crippen LogP contribution in [-0.2, 0) is 4.79 Å². The molecule has 17 heavy (non-hydrogen) atoms. The third-order valence-electron chi connectivity index (χ3n) is 3.03. The fourth-order valence-corrected chi connectivity index (χ4v) is 2.04.